The molecule has 208 valence electrons. The molecule has 0 aliphatic heterocycles. The molecule has 0 radical (unpaired) electrons. The van der Waals surface area contributed by atoms with Gasteiger partial charge in [0.25, 0.3) is 0 Å². The highest BCUT2D eigenvalue weighted by atomic mass is 35.5. The maximum Gasteiger partial charge on any atom is 0.418 e. The number of aliphatic carboxylic acids is 1. The highest BCUT2D eigenvalue weighted by molar-refractivity contribution is 6.32. The molecule has 0 fully saturated rings. The summed E-state index contributed by atoms with van der Waals surface area (Å²) >= 11 is 6.51. The predicted molar refractivity (Wildman–Crippen MR) is 154 cm³/mol. The van der Waals surface area contributed by atoms with Gasteiger partial charge in [0.05, 0.1) is 22.0 Å². The summed E-state index contributed by atoms with van der Waals surface area (Å²) in [6, 6.07) is 25.6. The highest BCUT2D eigenvalue weighted by Crippen LogP contribution is 2.43. The van der Waals surface area contributed by atoms with Crippen molar-refractivity contribution in [3.63, 3.8) is 0 Å². The van der Waals surface area contributed by atoms with Crippen molar-refractivity contribution in [2.45, 2.75) is 32.0 Å². The molecular weight excluding hydrogens is 551 g/mol. The molecule has 4 nitrogen and oxygen atoms in total. The number of nitrogens with zero attached hydrogens (tertiary/aromatic N) is 1. The fourth-order valence-electron chi connectivity index (χ4n) is 5.06. The molecule has 5 aromatic rings. The molecule has 4 aromatic carbocycles. The number of alkyl halides is 3. The number of benzene rings is 4. The maximum atomic E-state index is 13.9. The first-order valence-electron chi connectivity index (χ1n) is 13.0. The molecule has 1 N–H and O–H groups in total. The summed E-state index contributed by atoms with van der Waals surface area (Å²) in [4.78, 5) is 16.1. The van der Waals surface area contributed by atoms with Gasteiger partial charge in [-0.1, -0.05) is 91.3 Å². The van der Waals surface area contributed by atoms with Gasteiger partial charge >= 0.3 is 12.1 Å². The number of hydrogen-bond donors (Lipinski definition) is 1. The molecule has 1 heterocycles. The van der Waals surface area contributed by atoms with Crippen LogP contribution in [0.15, 0.2) is 97.2 Å². The van der Waals surface area contributed by atoms with Gasteiger partial charge in [-0.05, 0) is 46.9 Å². The number of hydrogen-bond acceptors (Lipinski definition) is 3. The first kappa shape index (κ1) is 28.2. The molecule has 8 heteroatoms. The van der Waals surface area contributed by atoms with E-state index in [1.165, 1.54) is 12.3 Å². The standard InChI is InChI=1S/C33H25ClF3NO3/c1-2-23(32(39)40)24-12-7-6-11-22(24)19-41-29-17-21(15-16-28(29)34)30-25-13-8-14-27(33(35,36)37)31(25)38-18-26(30)20-9-4-3-5-10-20/h3-18,23H,2,19H2,1H3,(H,39,40). The van der Waals surface area contributed by atoms with Crippen LogP contribution in [0, 0.1) is 0 Å². The number of halogens is 4. The summed E-state index contributed by atoms with van der Waals surface area (Å²) in [7, 11) is 0. The second-order valence-electron chi connectivity index (χ2n) is 9.54. The monoisotopic (exact) mass is 575 g/mol. The molecule has 41 heavy (non-hydrogen) atoms. The van der Waals surface area contributed by atoms with Crippen LogP contribution in [0.2, 0.25) is 5.02 Å². The van der Waals surface area contributed by atoms with Crippen LogP contribution in [-0.4, -0.2) is 16.1 Å². The lowest BCUT2D eigenvalue weighted by Gasteiger charge is -2.18. The Balaban J connectivity index is 1.63. The van der Waals surface area contributed by atoms with Crippen molar-refractivity contribution in [1.29, 1.82) is 0 Å². The largest absolute Gasteiger partial charge is 0.487 e. The molecule has 0 amide bonds. The minimum absolute atomic E-state index is 0.0595. The Labute approximate surface area is 240 Å². The molecule has 1 atom stereocenters. The number of carboxylic acid groups (broad SMARTS) is 1. The summed E-state index contributed by atoms with van der Waals surface area (Å²) < 4.78 is 47.8. The zero-order chi connectivity index (χ0) is 29.1. The molecule has 1 unspecified atom stereocenters. The van der Waals surface area contributed by atoms with E-state index < -0.39 is 23.6 Å². The fraction of sp³-hybridized carbons (Fsp3) is 0.152. The van der Waals surface area contributed by atoms with Gasteiger partial charge in [0.1, 0.15) is 12.4 Å². The number of carbonyl (C=O) groups is 1. The van der Waals surface area contributed by atoms with Gasteiger partial charge in [-0.15, -0.1) is 0 Å². The van der Waals surface area contributed by atoms with E-state index in [4.69, 9.17) is 16.3 Å². The van der Waals surface area contributed by atoms with Crippen LogP contribution in [0.3, 0.4) is 0 Å². The number of pyridine rings is 1. The third-order valence-electron chi connectivity index (χ3n) is 7.03. The van der Waals surface area contributed by atoms with Crippen molar-refractivity contribution in [2.24, 2.45) is 0 Å². The van der Waals surface area contributed by atoms with E-state index in [9.17, 15) is 23.1 Å². The van der Waals surface area contributed by atoms with Crippen molar-refractivity contribution in [3.05, 3.63) is 119 Å². The zero-order valence-corrected chi connectivity index (χ0v) is 22.7. The Morgan fingerprint density at radius 3 is 2.39 bits per heavy atom. The van der Waals surface area contributed by atoms with Gasteiger partial charge in [-0.25, -0.2) is 0 Å². The molecule has 0 bridgehead atoms. The highest BCUT2D eigenvalue weighted by Gasteiger charge is 2.34. The number of rotatable bonds is 8. The maximum absolute atomic E-state index is 13.9. The van der Waals surface area contributed by atoms with Crippen LogP contribution >= 0.6 is 11.6 Å². The molecule has 0 saturated carbocycles. The molecule has 1 aromatic heterocycles. The smallest absolute Gasteiger partial charge is 0.418 e. The average Bonchev–Trinajstić information content (AvgIpc) is 2.96. The molecule has 0 spiro atoms. The summed E-state index contributed by atoms with van der Waals surface area (Å²) in [5.74, 6) is -1.29. The van der Waals surface area contributed by atoms with Gasteiger partial charge in [-0.3, -0.25) is 9.78 Å². The van der Waals surface area contributed by atoms with Crippen LogP contribution in [0.1, 0.15) is 36.0 Å². The second-order valence-corrected chi connectivity index (χ2v) is 9.95. The van der Waals surface area contributed by atoms with Gasteiger partial charge in [0, 0.05) is 22.7 Å². The summed E-state index contributed by atoms with van der Waals surface area (Å²) in [6.45, 7) is 1.87. The van der Waals surface area contributed by atoms with Crippen molar-refractivity contribution in [2.75, 3.05) is 0 Å². The number of fused-ring (bicyclic) bond motifs is 1. The predicted octanol–water partition coefficient (Wildman–Crippen LogP) is 9.40. The minimum atomic E-state index is -4.58. The molecule has 0 saturated heterocycles. The molecule has 0 aliphatic carbocycles. The number of ether oxygens (including phenoxy) is 1. The molecule has 5 rings (SSSR count). The third-order valence-corrected chi connectivity index (χ3v) is 7.34. The van der Waals surface area contributed by atoms with E-state index in [-0.39, 0.29) is 12.1 Å². The first-order chi connectivity index (χ1) is 19.7. The van der Waals surface area contributed by atoms with E-state index in [1.54, 1.807) is 42.5 Å². The number of para-hydroxylation sites is 1. The fourth-order valence-corrected chi connectivity index (χ4v) is 5.23. The van der Waals surface area contributed by atoms with Crippen LogP contribution < -0.4 is 4.74 Å². The Hall–Kier alpha value is -4.36. The summed E-state index contributed by atoms with van der Waals surface area (Å²) in [6.07, 6.45) is -2.70. The minimum Gasteiger partial charge on any atom is -0.487 e. The number of aromatic nitrogens is 1. The lowest BCUT2D eigenvalue weighted by atomic mass is 9.91. The van der Waals surface area contributed by atoms with E-state index in [0.717, 1.165) is 11.6 Å². The van der Waals surface area contributed by atoms with E-state index in [0.29, 0.717) is 50.4 Å². The van der Waals surface area contributed by atoms with Crippen LogP contribution in [0.25, 0.3) is 33.2 Å². The summed E-state index contributed by atoms with van der Waals surface area (Å²) in [5.41, 5.74) is 3.00. The third kappa shape index (κ3) is 5.77. The molecule has 0 aliphatic rings. The quantitative estimate of drug-likeness (QED) is 0.200. The van der Waals surface area contributed by atoms with Crippen molar-refractivity contribution < 1.29 is 27.8 Å². The van der Waals surface area contributed by atoms with E-state index in [1.807, 2.05) is 43.3 Å². The van der Waals surface area contributed by atoms with Crippen LogP contribution in [0.5, 0.6) is 5.75 Å². The van der Waals surface area contributed by atoms with Gasteiger partial charge in [0.15, 0.2) is 0 Å². The van der Waals surface area contributed by atoms with Gasteiger partial charge in [-0.2, -0.15) is 13.2 Å². The Bertz CT molecular complexity index is 1720. The Morgan fingerprint density at radius 1 is 0.951 bits per heavy atom. The van der Waals surface area contributed by atoms with Crippen molar-refractivity contribution >= 4 is 28.5 Å². The zero-order valence-electron chi connectivity index (χ0n) is 22.0. The van der Waals surface area contributed by atoms with Crippen molar-refractivity contribution in [1.82, 2.24) is 4.98 Å². The lowest BCUT2D eigenvalue weighted by Crippen LogP contribution is -2.13. The summed E-state index contributed by atoms with van der Waals surface area (Å²) in [5, 5.41) is 10.3. The average molecular weight is 576 g/mol. The van der Waals surface area contributed by atoms with Crippen molar-refractivity contribution in [3.8, 4) is 28.0 Å². The van der Waals surface area contributed by atoms with Gasteiger partial charge in [0.2, 0.25) is 0 Å². The second kappa shape index (κ2) is 11.6. The normalized spacial score (nSPS) is 12.3. The van der Waals surface area contributed by atoms with Crippen LogP contribution in [-0.2, 0) is 17.6 Å². The van der Waals surface area contributed by atoms with E-state index >= 15 is 0 Å². The lowest BCUT2D eigenvalue weighted by molar-refractivity contribution is -0.139. The first-order valence-corrected chi connectivity index (χ1v) is 13.3. The SMILES string of the molecule is CCC(C(=O)O)c1ccccc1COc1cc(-c2c(-c3ccccc3)cnc3c(C(F)(F)F)cccc23)ccc1Cl. The van der Waals surface area contributed by atoms with E-state index in [2.05, 4.69) is 4.98 Å². The van der Waals surface area contributed by atoms with Crippen LogP contribution in [0.4, 0.5) is 13.2 Å². The Kier molecular flexibility index (Phi) is 7.99. The number of carboxylic acids is 1. The molecular formula is C33H25ClF3NO3. The van der Waals surface area contributed by atoms with Gasteiger partial charge < -0.3 is 9.84 Å². The topological polar surface area (TPSA) is 59.4 Å². The Morgan fingerprint density at radius 2 is 1.68 bits per heavy atom.